The fourth-order valence-electron chi connectivity index (χ4n) is 4.27. The second-order valence-corrected chi connectivity index (χ2v) is 7.77. The van der Waals surface area contributed by atoms with E-state index in [9.17, 15) is 27.2 Å². The average Bonchev–Trinajstić information content (AvgIpc) is 3.31. The van der Waals surface area contributed by atoms with Crippen molar-refractivity contribution >= 4 is 23.2 Å². The molecule has 3 aromatic carbocycles. The molecule has 0 unspecified atom stereocenters. The molecule has 0 spiro atoms. The lowest BCUT2D eigenvalue weighted by molar-refractivity contribution is -0.137. The molecular weight excluding hydrogens is 440 g/mol. The molecule has 3 atom stereocenters. The van der Waals surface area contributed by atoms with E-state index in [2.05, 4.69) is 0 Å². The molecule has 0 bridgehead atoms. The number of carbonyl (C=O) groups is 2. The number of carbonyl (C=O) groups excluding carboxylic acids is 2. The van der Waals surface area contributed by atoms with Gasteiger partial charge in [0.1, 0.15) is 11.7 Å². The minimum Gasteiger partial charge on any atom is -0.273 e. The van der Waals surface area contributed by atoms with Crippen molar-refractivity contribution in [3.8, 4) is 0 Å². The third kappa shape index (κ3) is 3.54. The molecule has 9 heteroatoms. The highest BCUT2D eigenvalue weighted by Gasteiger charge is 2.60. The van der Waals surface area contributed by atoms with Crippen LogP contribution < -0.4 is 9.96 Å². The van der Waals surface area contributed by atoms with Crippen LogP contribution in [0.4, 0.5) is 28.9 Å². The van der Waals surface area contributed by atoms with Gasteiger partial charge in [-0.3, -0.25) is 14.4 Å². The summed E-state index contributed by atoms with van der Waals surface area (Å²) in [4.78, 5) is 33.4. The fraction of sp³-hybridized carbons (Fsp3) is 0.167. The number of hydrogen-bond acceptors (Lipinski definition) is 4. The molecule has 2 fully saturated rings. The fourth-order valence-corrected chi connectivity index (χ4v) is 4.27. The number of amides is 2. The molecule has 5 nitrogen and oxygen atoms in total. The van der Waals surface area contributed by atoms with Gasteiger partial charge in [0.2, 0.25) is 5.91 Å². The van der Waals surface area contributed by atoms with Crippen molar-refractivity contribution in [2.45, 2.75) is 18.3 Å². The first-order valence-corrected chi connectivity index (χ1v) is 10.1. The molecule has 2 amide bonds. The number of halogens is 4. The van der Waals surface area contributed by atoms with Crippen LogP contribution in [0.5, 0.6) is 0 Å². The summed E-state index contributed by atoms with van der Waals surface area (Å²) < 4.78 is 52.3. The van der Waals surface area contributed by atoms with Crippen molar-refractivity contribution in [1.82, 2.24) is 0 Å². The van der Waals surface area contributed by atoms with Crippen molar-refractivity contribution in [3.05, 3.63) is 95.8 Å². The van der Waals surface area contributed by atoms with Gasteiger partial charge in [0.15, 0.2) is 6.10 Å². The van der Waals surface area contributed by atoms with Crippen molar-refractivity contribution < 1.29 is 32.0 Å². The highest BCUT2D eigenvalue weighted by Crippen LogP contribution is 2.47. The van der Waals surface area contributed by atoms with E-state index in [0.717, 1.165) is 29.2 Å². The molecule has 2 aliphatic rings. The summed E-state index contributed by atoms with van der Waals surface area (Å²) in [6.07, 6.45) is -5.71. The first kappa shape index (κ1) is 21.1. The monoisotopic (exact) mass is 456 g/mol. The maximum Gasteiger partial charge on any atom is 0.416 e. The third-order valence-electron chi connectivity index (χ3n) is 5.79. The van der Waals surface area contributed by atoms with Gasteiger partial charge in [-0.1, -0.05) is 30.3 Å². The molecule has 33 heavy (non-hydrogen) atoms. The Hall–Kier alpha value is -3.72. The van der Waals surface area contributed by atoms with Crippen LogP contribution in [-0.4, -0.2) is 17.9 Å². The molecule has 5 rings (SSSR count). The Morgan fingerprint density at radius 2 is 1.39 bits per heavy atom. The van der Waals surface area contributed by atoms with Crippen LogP contribution in [0.15, 0.2) is 78.9 Å². The molecule has 2 heterocycles. The molecule has 0 aromatic heterocycles. The number of alkyl halides is 3. The zero-order valence-electron chi connectivity index (χ0n) is 16.9. The van der Waals surface area contributed by atoms with Gasteiger partial charge in [0.25, 0.3) is 5.91 Å². The van der Waals surface area contributed by atoms with E-state index in [-0.39, 0.29) is 5.69 Å². The summed E-state index contributed by atoms with van der Waals surface area (Å²) >= 11 is 0. The molecule has 0 aliphatic carbocycles. The molecule has 2 saturated heterocycles. The van der Waals surface area contributed by atoms with Crippen molar-refractivity contribution in [1.29, 1.82) is 0 Å². The maximum absolute atomic E-state index is 13.5. The first-order chi connectivity index (χ1) is 15.8. The Bertz CT molecular complexity index is 1200. The lowest BCUT2D eigenvalue weighted by Crippen LogP contribution is -2.37. The summed E-state index contributed by atoms with van der Waals surface area (Å²) in [6, 6.07) is 17.4. The number of imide groups is 1. The Kier molecular flexibility index (Phi) is 4.93. The largest absolute Gasteiger partial charge is 0.416 e. The predicted octanol–water partition coefficient (Wildman–Crippen LogP) is 4.90. The summed E-state index contributed by atoms with van der Waals surface area (Å²) in [5, 5.41) is 1.46. The SMILES string of the molecule is O=C1[C@H]2[C@@H](ON(c3ccccc3)[C@H]2c2ccc(F)cc2)C(=O)N1c1ccc(C(F)(F)F)cc1. The van der Waals surface area contributed by atoms with Crippen LogP contribution in [0.1, 0.15) is 17.2 Å². The summed E-state index contributed by atoms with van der Waals surface area (Å²) in [5.74, 6) is -2.70. The Morgan fingerprint density at radius 3 is 2.00 bits per heavy atom. The van der Waals surface area contributed by atoms with Crippen molar-refractivity contribution in [3.63, 3.8) is 0 Å². The molecule has 0 radical (unpaired) electrons. The van der Waals surface area contributed by atoms with Gasteiger partial charge >= 0.3 is 6.18 Å². The second kappa shape index (κ2) is 7.70. The average molecular weight is 456 g/mol. The van der Waals surface area contributed by atoms with Gasteiger partial charge in [0.05, 0.1) is 23.0 Å². The van der Waals surface area contributed by atoms with E-state index in [4.69, 9.17) is 4.84 Å². The number of rotatable bonds is 3. The van der Waals surface area contributed by atoms with Gasteiger partial charge in [-0.05, 0) is 54.1 Å². The molecule has 3 aromatic rings. The lowest BCUT2D eigenvalue weighted by atomic mass is 9.90. The zero-order valence-corrected chi connectivity index (χ0v) is 16.9. The number of fused-ring (bicyclic) bond motifs is 1. The molecule has 168 valence electrons. The number of para-hydroxylation sites is 1. The lowest BCUT2D eigenvalue weighted by Gasteiger charge is -2.28. The van der Waals surface area contributed by atoms with Gasteiger partial charge in [-0.15, -0.1) is 0 Å². The van der Waals surface area contributed by atoms with Crippen LogP contribution in [-0.2, 0) is 20.6 Å². The number of nitrogens with zero attached hydrogens (tertiary/aromatic N) is 2. The predicted molar refractivity (Wildman–Crippen MR) is 110 cm³/mol. The number of hydroxylamine groups is 1. The Labute approximate surface area is 185 Å². The summed E-state index contributed by atoms with van der Waals surface area (Å²) in [7, 11) is 0. The van der Waals surface area contributed by atoms with Crippen molar-refractivity contribution in [2.75, 3.05) is 9.96 Å². The number of benzene rings is 3. The Morgan fingerprint density at radius 1 is 0.758 bits per heavy atom. The summed E-state index contributed by atoms with van der Waals surface area (Å²) in [5.41, 5.74) is 0.299. The third-order valence-corrected chi connectivity index (χ3v) is 5.79. The van der Waals surface area contributed by atoms with E-state index in [1.165, 1.54) is 29.3 Å². The van der Waals surface area contributed by atoms with Gasteiger partial charge in [0, 0.05) is 0 Å². The maximum atomic E-state index is 13.5. The minimum absolute atomic E-state index is 0.0279. The molecule has 2 aliphatic heterocycles. The van der Waals surface area contributed by atoms with Gasteiger partial charge in [-0.2, -0.15) is 13.2 Å². The minimum atomic E-state index is -4.54. The normalized spacial score (nSPS) is 22.7. The quantitative estimate of drug-likeness (QED) is 0.416. The number of anilines is 2. The van der Waals surface area contributed by atoms with Crippen LogP contribution in [0.25, 0.3) is 0 Å². The van der Waals surface area contributed by atoms with E-state index < -0.39 is 47.4 Å². The molecule has 0 saturated carbocycles. The van der Waals surface area contributed by atoms with E-state index >= 15 is 0 Å². The zero-order chi connectivity index (χ0) is 23.3. The van der Waals surface area contributed by atoms with Crippen LogP contribution in [0.2, 0.25) is 0 Å². The molecular formula is C24H16F4N2O3. The number of hydrogen-bond donors (Lipinski definition) is 0. The van der Waals surface area contributed by atoms with E-state index in [1.54, 1.807) is 30.3 Å². The standard InChI is InChI=1S/C24H16F4N2O3/c25-16-10-6-14(7-11-16)20-19-21(33-30(20)18-4-2-1-3-5-18)23(32)29(22(19)31)17-12-8-15(9-13-17)24(26,27)28/h1-13,19-21H/t19-,20+,21-/m1/s1. The first-order valence-electron chi connectivity index (χ1n) is 10.1. The topological polar surface area (TPSA) is 49.9 Å². The van der Waals surface area contributed by atoms with E-state index in [1.807, 2.05) is 0 Å². The highest BCUT2D eigenvalue weighted by molar-refractivity contribution is 6.23. The second-order valence-electron chi connectivity index (χ2n) is 7.77. The van der Waals surface area contributed by atoms with Crippen LogP contribution >= 0.6 is 0 Å². The van der Waals surface area contributed by atoms with Gasteiger partial charge < -0.3 is 0 Å². The smallest absolute Gasteiger partial charge is 0.273 e. The Balaban J connectivity index is 1.53. The van der Waals surface area contributed by atoms with Crippen molar-refractivity contribution in [2.24, 2.45) is 5.92 Å². The van der Waals surface area contributed by atoms with Crippen LogP contribution in [0, 0.1) is 11.7 Å². The highest BCUT2D eigenvalue weighted by atomic mass is 19.4. The van der Waals surface area contributed by atoms with Crippen LogP contribution in [0.3, 0.4) is 0 Å². The van der Waals surface area contributed by atoms with E-state index in [0.29, 0.717) is 11.3 Å². The molecule has 0 N–H and O–H groups in total. The summed E-state index contributed by atoms with van der Waals surface area (Å²) in [6.45, 7) is 0. The van der Waals surface area contributed by atoms with Gasteiger partial charge in [-0.25, -0.2) is 14.4 Å².